The van der Waals surface area contributed by atoms with Gasteiger partial charge in [0, 0.05) is 35.7 Å². The molecule has 0 spiro atoms. The second kappa shape index (κ2) is 4.87. The summed E-state index contributed by atoms with van der Waals surface area (Å²) in [6, 6.07) is 9.50. The minimum atomic E-state index is 0.228. The van der Waals surface area contributed by atoms with E-state index in [-0.39, 0.29) is 6.04 Å². The predicted molar refractivity (Wildman–Crippen MR) is 78.8 cm³/mol. The van der Waals surface area contributed by atoms with Crippen LogP contribution in [0, 0.1) is 0 Å². The Morgan fingerprint density at radius 2 is 1.72 bits per heavy atom. The van der Waals surface area contributed by atoms with E-state index in [0.29, 0.717) is 6.04 Å². The zero-order chi connectivity index (χ0) is 12.7. The number of thioether (sulfide) groups is 1. The molecule has 1 aliphatic heterocycles. The van der Waals surface area contributed by atoms with Crippen molar-refractivity contribution in [2.75, 3.05) is 13.1 Å². The molecule has 2 nitrogen and oxygen atoms in total. The van der Waals surface area contributed by atoms with Crippen LogP contribution in [-0.2, 0) is 0 Å². The van der Waals surface area contributed by atoms with Gasteiger partial charge in [-0.15, -0.1) is 0 Å². The molecule has 4 atom stereocenters. The molecule has 3 heteroatoms. The average molecular weight is 262 g/mol. The van der Waals surface area contributed by atoms with Crippen molar-refractivity contribution in [2.45, 2.75) is 42.9 Å². The molecule has 98 valence electrons. The Morgan fingerprint density at radius 3 is 2.39 bits per heavy atom. The molecule has 18 heavy (non-hydrogen) atoms. The molecule has 4 unspecified atom stereocenters. The van der Waals surface area contributed by atoms with Gasteiger partial charge in [0.2, 0.25) is 0 Å². The largest absolute Gasteiger partial charge is 0.324 e. The summed E-state index contributed by atoms with van der Waals surface area (Å²) in [6.07, 6.45) is 1.09. The minimum absolute atomic E-state index is 0.228. The molecule has 1 aromatic rings. The smallest absolute Gasteiger partial charge is 0.0370 e. The van der Waals surface area contributed by atoms with Crippen molar-refractivity contribution < 1.29 is 0 Å². The number of rotatable bonds is 1. The van der Waals surface area contributed by atoms with E-state index >= 15 is 0 Å². The van der Waals surface area contributed by atoms with Crippen molar-refractivity contribution >= 4 is 11.8 Å². The highest BCUT2D eigenvalue weighted by Crippen LogP contribution is 2.42. The van der Waals surface area contributed by atoms with E-state index in [1.165, 1.54) is 24.2 Å². The molecular formula is C15H22N2S. The van der Waals surface area contributed by atoms with E-state index in [9.17, 15) is 0 Å². The number of hydrogen-bond donors (Lipinski definition) is 1. The van der Waals surface area contributed by atoms with Gasteiger partial charge >= 0.3 is 0 Å². The molecule has 0 amide bonds. The van der Waals surface area contributed by atoms with Gasteiger partial charge in [-0.2, -0.15) is 11.8 Å². The van der Waals surface area contributed by atoms with Gasteiger partial charge in [0.25, 0.3) is 0 Å². The second-order valence-electron chi connectivity index (χ2n) is 5.70. The Labute approximate surface area is 114 Å². The lowest BCUT2D eigenvalue weighted by atomic mass is 10.1. The Hall–Kier alpha value is -0.510. The van der Waals surface area contributed by atoms with Crippen LogP contribution in [0.1, 0.15) is 43.5 Å². The van der Waals surface area contributed by atoms with Crippen LogP contribution >= 0.6 is 11.8 Å². The molecule has 1 fully saturated rings. The first kappa shape index (κ1) is 12.5. The molecule has 1 saturated heterocycles. The first-order valence-corrected chi connectivity index (χ1v) is 7.83. The molecule has 0 saturated carbocycles. The minimum Gasteiger partial charge on any atom is -0.324 e. The zero-order valence-electron chi connectivity index (χ0n) is 11.2. The van der Waals surface area contributed by atoms with Crippen molar-refractivity contribution in [3.63, 3.8) is 0 Å². The first-order chi connectivity index (χ1) is 8.65. The fourth-order valence-electron chi connectivity index (χ4n) is 3.46. The number of benzene rings is 1. The zero-order valence-corrected chi connectivity index (χ0v) is 12.0. The fraction of sp³-hybridized carbons (Fsp3) is 0.600. The van der Waals surface area contributed by atoms with Crippen molar-refractivity contribution in [1.29, 1.82) is 0 Å². The lowest BCUT2D eigenvalue weighted by molar-refractivity contribution is 0.189. The van der Waals surface area contributed by atoms with Gasteiger partial charge in [0.05, 0.1) is 0 Å². The molecule has 1 heterocycles. The van der Waals surface area contributed by atoms with Crippen LogP contribution in [0.5, 0.6) is 0 Å². The molecule has 1 aliphatic carbocycles. The Kier molecular flexibility index (Phi) is 3.39. The van der Waals surface area contributed by atoms with Gasteiger partial charge in [0.15, 0.2) is 0 Å². The third kappa shape index (κ3) is 2.20. The van der Waals surface area contributed by atoms with Gasteiger partial charge in [-0.1, -0.05) is 38.1 Å². The van der Waals surface area contributed by atoms with Crippen LogP contribution in [-0.4, -0.2) is 28.5 Å². The first-order valence-electron chi connectivity index (χ1n) is 6.89. The van der Waals surface area contributed by atoms with Gasteiger partial charge in [-0.25, -0.2) is 0 Å². The standard InChI is InChI=1S/C15H22N2S/c1-10-8-17(9-11(2)18-10)15-7-14(16)12-5-3-4-6-13(12)15/h3-6,10-11,14-15H,7-9,16H2,1-2H3. The monoisotopic (exact) mass is 262 g/mol. The van der Waals surface area contributed by atoms with Crippen LogP contribution in [0.25, 0.3) is 0 Å². The van der Waals surface area contributed by atoms with Crippen molar-refractivity contribution in [3.8, 4) is 0 Å². The topological polar surface area (TPSA) is 29.3 Å². The van der Waals surface area contributed by atoms with E-state index in [0.717, 1.165) is 16.9 Å². The SMILES string of the molecule is CC1CN(C2CC(N)c3ccccc32)CC(C)S1. The molecule has 2 N–H and O–H groups in total. The number of fused-ring (bicyclic) bond motifs is 1. The molecule has 0 radical (unpaired) electrons. The molecule has 0 aromatic heterocycles. The van der Waals surface area contributed by atoms with Crippen molar-refractivity contribution in [1.82, 2.24) is 4.90 Å². The van der Waals surface area contributed by atoms with Crippen molar-refractivity contribution in [3.05, 3.63) is 35.4 Å². The van der Waals surface area contributed by atoms with E-state index in [4.69, 9.17) is 5.73 Å². The van der Waals surface area contributed by atoms with Crippen LogP contribution < -0.4 is 5.73 Å². The summed E-state index contributed by atoms with van der Waals surface area (Å²) in [5.41, 5.74) is 9.11. The Morgan fingerprint density at radius 1 is 1.11 bits per heavy atom. The maximum atomic E-state index is 6.28. The molecule has 3 rings (SSSR count). The van der Waals surface area contributed by atoms with Crippen molar-refractivity contribution in [2.24, 2.45) is 5.73 Å². The van der Waals surface area contributed by atoms with Crippen LogP contribution in [0.3, 0.4) is 0 Å². The molecular weight excluding hydrogens is 240 g/mol. The molecule has 0 bridgehead atoms. The highest BCUT2D eigenvalue weighted by Gasteiger charge is 2.35. The second-order valence-corrected chi connectivity index (χ2v) is 7.58. The normalized spacial score (nSPS) is 36.6. The van der Waals surface area contributed by atoms with Crippen LogP contribution in [0.2, 0.25) is 0 Å². The Bertz CT molecular complexity index is 424. The average Bonchev–Trinajstić information content (AvgIpc) is 2.66. The van der Waals surface area contributed by atoms with E-state index < -0.39 is 0 Å². The summed E-state index contributed by atoms with van der Waals surface area (Å²) in [4.78, 5) is 2.65. The maximum Gasteiger partial charge on any atom is 0.0370 e. The number of hydrogen-bond acceptors (Lipinski definition) is 3. The van der Waals surface area contributed by atoms with Crippen LogP contribution in [0.4, 0.5) is 0 Å². The third-order valence-electron chi connectivity index (χ3n) is 4.12. The summed E-state index contributed by atoms with van der Waals surface area (Å²) < 4.78 is 0. The highest BCUT2D eigenvalue weighted by molar-refractivity contribution is 8.00. The quantitative estimate of drug-likeness (QED) is 0.843. The van der Waals surface area contributed by atoms with Crippen LogP contribution in [0.15, 0.2) is 24.3 Å². The van der Waals surface area contributed by atoms with Gasteiger partial charge in [-0.05, 0) is 17.5 Å². The predicted octanol–water partition coefficient (Wildman–Crippen LogP) is 2.96. The maximum absolute atomic E-state index is 6.28. The highest BCUT2D eigenvalue weighted by atomic mass is 32.2. The summed E-state index contributed by atoms with van der Waals surface area (Å²) in [5.74, 6) is 0. The summed E-state index contributed by atoms with van der Waals surface area (Å²) in [6.45, 7) is 7.07. The number of nitrogens with two attached hydrogens (primary N) is 1. The summed E-state index contributed by atoms with van der Waals surface area (Å²) in [7, 11) is 0. The fourth-order valence-corrected chi connectivity index (χ4v) is 4.81. The number of nitrogens with zero attached hydrogens (tertiary/aromatic N) is 1. The van der Waals surface area contributed by atoms with E-state index in [2.05, 4.69) is 54.8 Å². The lowest BCUT2D eigenvalue weighted by Gasteiger charge is -2.38. The van der Waals surface area contributed by atoms with Gasteiger partial charge in [-0.3, -0.25) is 4.90 Å². The summed E-state index contributed by atoms with van der Waals surface area (Å²) in [5, 5.41) is 1.47. The van der Waals surface area contributed by atoms with E-state index in [1.807, 2.05) is 0 Å². The van der Waals surface area contributed by atoms with Gasteiger partial charge < -0.3 is 5.73 Å². The van der Waals surface area contributed by atoms with E-state index in [1.54, 1.807) is 0 Å². The third-order valence-corrected chi connectivity index (χ3v) is 5.35. The van der Waals surface area contributed by atoms with Gasteiger partial charge in [0.1, 0.15) is 0 Å². The summed E-state index contributed by atoms with van der Waals surface area (Å²) >= 11 is 2.11. The lowest BCUT2D eigenvalue weighted by Crippen LogP contribution is -2.42. The molecule has 1 aromatic carbocycles. The Balaban J connectivity index is 1.86. The molecule has 2 aliphatic rings.